The Kier molecular flexibility index (Phi) is 23.1. The highest BCUT2D eigenvalue weighted by molar-refractivity contribution is 8.00. The number of rotatable bonds is 22. The molecule has 22 heteroatoms. The molecular formula is C39H58F2N6O12S2. The van der Waals surface area contributed by atoms with Crippen LogP contribution in [0, 0.1) is 17.6 Å². The Balaban J connectivity index is 0.000000327. The lowest BCUT2D eigenvalue weighted by atomic mass is 10.1. The number of carbonyl (C=O) groups is 4. The van der Waals surface area contributed by atoms with Crippen LogP contribution in [0.5, 0.6) is 0 Å². The standard InChI is InChI=1S/C21H32FN3O6S.C18H26FN3O6S/c1-4-5-6-7-8-9-10-29-21(28)24-18-15(22)11-25(20(27)23-18)16-13-32-17(31-16)12-30-19(26)14(2)3;1-3-5-6-8-26-18(25)21-16-12(19)9-22(17(24)20-16)13-11-29-15(28-13)10-27-14(23)7-4-2/h11,14,16-17H,4-10,12-13H2,1-3H3,(H,23,24,27,28);9,13,15H,3-8,10-11H2,1-2H3,(H,20,21,24,25)/t16-,17+;13-,15+/m00/s1. The zero-order valence-corrected chi connectivity index (χ0v) is 37.0. The van der Waals surface area contributed by atoms with Gasteiger partial charge in [-0.05, 0) is 19.3 Å². The van der Waals surface area contributed by atoms with Crippen molar-refractivity contribution in [2.45, 2.75) is 129 Å². The summed E-state index contributed by atoms with van der Waals surface area (Å²) < 4.78 is 62.2. The first-order valence-corrected chi connectivity index (χ1v) is 22.7. The third-order valence-electron chi connectivity index (χ3n) is 8.72. The van der Waals surface area contributed by atoms with Crippen molar-refractivity contribution < 1.29 is 56.4 Å². The van der Waals surface area contributed by atoms with Crippen molar-refractivity contribution >= 4 is 59.3 Å². The van der Waals surface area contributed by atoms with Crippen molar-refractivity contribution in [2.75, 3.05) is 48.6 Å². The highest BCUT2D eigenvalue weighted by atomic mass is 32.2. The van der Waals surface area contributed by atoms with Crippen molar-refractivity contribution in [1.29, 1.82) is 0 Å². The van der Waals surface area contributed by atoms with Gasteiger partial charge in [0.05, 0.1) is 31.5 Å². The first kappa shape index (κ1) is 51.1. The molecule has 2 aliphatic heterocycles. The van der Waals surface area contributed by atoms with Crippen LogP contribution in [0.15, 0.2) is 22.0 Å². The van der Waals surface area contributed by atoms with Crippen LogP contribution in [-0.2, 0) is 38.0 Å². The van der Waals surface area contributed by atoms with Crippen molar-refractivity contribution in [3.63, 3.8) is 0 Å². The smallest absolute Gasteiger partial charge is 0.412 e. The SMILES string of the molecule is CCCCCCCCOC(=O)Nc1nc(=O)n([C@@H]2CS[C@H](COC(=O)C(C)C)O2)cc1F.CCCCCOC(=O)Nc1nc(=O)n([C@@H]2CS[C@H](COC(=O)CCC)O2)cc1F. The van der Waals surface area contributed by atoms with Gasteiger partial charge in [-0.25, -0.2) is 28.0 Å². The normalized spacial score (nSPS) is 18.2. The molecule has 0 spiro atoms. The first-order chi connectivity index (χ1) is 29.3. The van der Waals surface area contributed by atoms with Crippen LogP contribution in [0.2, 0.25) is 0 Å². The number of hydrogen-bond donors (Lipinski definition) is 2. The number of nitrogens with zero attached hydrogens (tertiary/aromatic N) is 4. The predicted octanol–water partition coefficient (Wildman–Crippen LogP) is 7.13. The molecule has 342 valence electrons. The van der Waals surface area contributed by atoms with Crippen LogP contribution < -0.4 is 22.0 Å². The largest absolute Gasteiger partial charge is 0.462 e. The fourth-order valence-corrected chi connectivity index (χ4v) is 7.39. The molecule has 2 aromatic rings. The number of hydrogen-bond acceptors (Lipinski definition) is 16. The van der Waals surface area contributed by atoms with Gasteiger partial charge in [-0.1, -0.05) is 79.6 Å². The van der Waals surface area contributed by atoms with E-state index in [-0.39, 0.29) is 44.3 Å². The summed E-state index contributed by atoms with van der Waals surface area (Å²) in [6.45, 7) is 9.98. The van der Waals surface area contributed by atoms with E-state index < -0.39 is 70.2 Å². The summed E-state index contributed by atoms with van der Waals surface area (Å²) in [5, 5.41) is 4.30. The molecule has 0 aromatic carbocycles. The maximum atomic E-state index is 14.4. The molecule has 2 amide bonds. The van der Waals surface area contributed by atoms with Gasteiger partial charge in [-0.2, -0.15) is 9.97 Å². The van der Waals surface area contributed by atoms with Crippen molar-refractivity contribution in [3.8, 4) is 0 Å². The Labute approximate surface area is 361 Å². The lowest BCUT2D eigenvalue weighted by Gasteiger charge is -2.16. The average Bonchev–Trinajstić information content (AvgIpc) is 3.90. The summed E-state index contributed by atoms with van der Waals surface area (Å²) in [5.74, 6) is -2.96. The van der Waals surface area contributed by atoms with Crippen LogP contribution in [-0.4, -0.2) is 92.0 Å². The fourth-order valence-electron chi connectivity index (χ4n) is 5.42. The lowest BCUT2D eigenvalue weighted by molar-refractivity contribution is -0.150. The summed E-state index contributed by atoms with van der Waals surface area (Å²) in [7, 11) is 0. The molecule has 0 saturated carbocycles. The van der Waals surface area contributed by atoms with Crippen molar-refractivity contribution in [3.05, 3.63) is 45.0 Å². The summed E-state index contributed by atoms with van der Waals surface area (Å²) in [6.07, 6.45) is 8.49. The zero-order valence-electron chi connectivity index (χ0n) is 35.3. The van der Waals surface area contributed by atoms with Crippen LogP contribution >= 0.6 is 23.5 Å². The molecule has 4 rings (SSSR count). The second kappa shape index (κ2) is 27.6. The highest BCUT2D eigenvalue weighted by Gasteiger charge is 2.31. The number of nitrogens with one attached hydrogen (secondary N) is 2. The van der Waals surface area contributed by atoms with E-state index in [1.807, 2.05) is 13.8 Å². The number of aromatic nitrogens is 4. The van der Waals surface area contributed by atoms with Crippen LogP contribution in [0.1, 0.15) is 118 Å². The summed E-state index contributed by atoms with van der Waals surface area (Å²) in [5.41, 5.74) is -2.47. The number of halogens is 2. The van der Waals surface area contributed by atoms with Gasteiger partial charge in [-0.15, -0.1) is 23.5 Å². The molecule has 2 aromatic heterocycles. The Bertz CT molecular complexity index is 1840. The molecule has 4 heterocycles. The van der Waals surface area contributed by atoms with Gasteiger partial charge < -0.3 is 28.4 Å². The van der Waals surface area contributed by atoms with Gasteiger partial charge in [0.25, 0.3) is 0 Å². The summed E-state index contributed by atoms with van der Waals surface area (Å²) in [4.78, 5) is 78.3. The van der Waals surface area contributed by atoms with Crippen molar-refractivity contribution in [1.82, 2.24) is 19.1 Å². The third-order valence-corrected chi connectivity index (χ3v) is 10.9. The van der Waals surface area contributed by atoms with Gasteiger partial charge in [0.1, 0.15) is 36.5 Å². The Morgan fingerprint density at radius 3 is 1.62 bits per heavy atom. The lowest BCUT2D eigenvalue weighted by Crippen LogP contribution is -2.31. The van der Waals surface area contributed by atoms with E-state index in [4.69, 9.17) is 28.4 Å². The maximum Gasteiger partial charge on any atom is 0.412 e. The molecular weight excluding hydrogens is 847 g/mol. The number of ether oxygens (including phenoxy) is 6. The zero-order chi connectivity index (χ0) is 44.7. The van der Waals surface area contributed by atoms with Crippen LogP contribution in [0.3, 0.4) is 0 Å². The Hall–Kier alpha value is -4.28. The molecule has 0 aliphatic carbocycles. The fraction of sp³-hybridized carbons (Fsp3) is 0.692. The van der Waals surface area contributed by atoms with E-state index in [1.54, 1.807) is 13.8 Å². The van der Waals surface area contributed by atoms with Crippen LogP contribution in [0.25, 0.3) is 0 Å². The average molecular weight is 905 g/mol. The van der Waals surface area contributed by atoms with Gasteiger partial charge >= 0.3 is 35.5 Å². The Morgan fingerprint density at radius 1 is 0.705 bits per heavy atom. The van der Waals surface area contributed by atoms with Crippen LogP contribution in [0.4, 0.5) is 30.0 Å². The number of anilines is 2. The highest BCUT2D eigenvalue weighted by Crippen LogP contribution is 2.32. The number of thioether (sulfide) groups is 2. The molecule has 61 heavy (non-hydrogen) atoms. The van der Waals surface area contributed by atoms with E-state index in [9.17, 15) is 37.5 Å². The van der Waals surface area contributed by atoms with Gasteiger partial charge in [0.15, 0.2) is 23.3 Å². The first-order valence-electron chi connectivity index (χ1n) is 20.6. The summed E-state index contributed by atoms with van der Waals surface area (Å²) in [6, 6.07) is 0. The third kappa shape index (κ3) is 18.3. The minimum Gasteiger partial charge on any atom is -0.462 e. The topological polar surface area (TPSA) is 218 Å². The predicted molar refractivity (Wildman–Crippen MR) is 224 cm³/mol. The number of esters is 2. The molecule has 18 nitrogen and oxygen atoms in total. The second-order valence-electron chi connectivity index (χ2n) is 14.2. The molecule has 2 N–H and O–H groups in total. The number of unbranched alkanes of at least 4 members (excludes halogenated alkanes) is 7. The number of carbonyl (C=O) groups excluding carboxylic acids is 4. The maximum absolute atomic E-state index is 14.4. The van der Waals surface area contributed by atoms with Gasteiger partial charge in [0.2, 0.25) is 0 Å². The molecule has 2 saturated heterocycles. The van der Waals surface area contributed by atoms with Gasteiger partial charge in [-0.3, -0.25) is 29.4 Å². The molecule has 0 bridgehead atoms. The van der Waals surface area contributed by atoms with Crippen molar-refractivity contribution in [2.24, 2.45) is 5.92 Å². The van der Waals surface area contributed by atoms with E-state index in [1.165, 1.54) is 29.9 Å². The second-order valence-corrected chi connectivity index (χ2v) is 16.6. The number of amides is 2. The van der Waals surface area contributed by atoms with Gasteiger partial charge in [0, 0.05) is 17.9 Å². The van der Waals surface area contributed by atoms with E-state index in [2.05, 4.69) is 27.5 Å². The summed E-state index contributed by atoms with van der Waals surface area (Å²) >= 11 is 2.70. The minimum atomic E-state index is -0.887. The molecule has 2 fully saturated rings. The van der Waals surface area contributed by atoms with E-state index in [0.29, 0.717) is 30.8 Å². The monoisotopic (exact) mass is 904 g/mol. The quantitative estimate of drug-likeness (QED) is 0.0682. The minimum absolute atomic E-state index is 0.0346. The van der Waals surface area contributed by atoms with E-state index in [0.717, 1.165) is 66.5 Å². The molecule has 2 aliphatic rings. The Morgan fingerprint density at radius 2 is 1.15 bits per heavy atom. The molecule has 0 unspecified atom stereocenters. The molecule has 0 radical (unpaired) electrons. The van der Waals surface area contributed by atoms with E-state index >= 15 is 0 Å². The molecule has 4 atom stereocenters.